The van der Waals surface area contributed by atoms with Gasteiger partial charge in [0, 0.05) is 31.8 Å². The number of carbonyl (C=O) groups excluding carboxylic acids is 1. The summed E-state index contributed by atoms with van der Waals surface area (Å²) in [7, 11) is 0. The van der Waals surface area contributed by atoms with Crippen LogP contribution in [0.5, 0.6) is 0 Å². The number of aliphatic hydroxyl groups is 14. The van der Waals surface area contributed by atoms with E-state index in [-0.39, 0.29) is 6.61 Å². The molecule has 16 N–H and O–H groups in total. The standard InChI is InChI=1S/C43H75NO27/c1-5-6-7-8-9-62-40-31(58)36(30(57)23(14-48)65-40)69-39-25(44-18(4)50)35(29(56)22(13-47)64-39)68-41-32(59)37(34(24(15-49)66-41)67-38-17(3)26(53)28(55)21(12-46)63-38)71-43(42(60)61)10-19(51)16(2)33(70-43)27(54)20(52)11-45/h16-17,19-41,45-49,51-59H,5-15H2,1-4H3,(H,44,50)(H,60,61)/t16-,17-,19?,20+,21?,22?,23?,24?,25-,26+,27+,28-,29+,30-,31-,32?,33?,34-,35+,36-,37+,38?,39?,40?,41-,43+/m0/s1. The van der Waals surface area contributed by atoms with Crippen molar-refractivity contribution in [2.75, 3.05) is 39.6 Å². The molecule has 28 nitrogen and oxygen atoms in total. The number of hydrogen-bond donors (Lipinski definition) is 16. The first-order valence-corrected chi connectivity index (χ1v) is 23.9. The summed E-state index contributed by atoms with van der Waals surface area (Å²) in [5, 5.41) is 165. The second kappa shape index (κ2) is 26.6. The summed E-state index contributed by atoms with van der Waals surface area (Å²) >= 11 is 0. The maximum atomic E-state index is 13.3. The normalized spacial score (nSPS) is 45.2. The molecule has 0 aliphatic carbocycles. The average Bonchev–Trinajstić information content (AvgIpc) is 3.34. The lowest BCUT2D eigenvalue weighted by Gasteiger charge is -2.52. The van der Waals surface area contributed by atoms with E-state index >= 15 is 0 Å². The van der Waals surface area contributed by atoms with Crippen molar-refractivity contribution in [2.24, 2.45) is 11.8 Å². The zero-order valence-corrected chi connectivity index (χ0v) is 39.8. The molecule has 5 heterocycles. The van der Waals surface area contributed by atoms with Crippen LogP contribution in [-0.2, 0) is 57.0 Å². The predicted molar refractivity (Wildman–Crippen MR) is 230 cm³/mol. The first-order valence-electron chi connectivity index (χ1n) is 23.9. The molecular formula is C43H75NO27. The van der Waals surface area contributed by atoms with Gasteiger partial charge in [0.05, 0.1) is 51.3 Å². The number of ether oxygens (including phenoxy) is 10. The molecule has 0 aromatic heterocycles. The highest BCUT2D eigenvalue weighted by atomic mass is 16.8. The highest BCUT2D eigenvalue weighted by Crippen LogP contribution is 2.42. The van der Waals surface area contributed by atoms with Crippen LogP contribution in [0.2, 0.25) is 0 Å². The van der Waals surface area contributed by atoms with Gasteiger partial charge in [-0.3, -0.25) is 4.79 Å². The molecule has 0 saturated carbocycles. The fraction of sp³-hybridized carbons (Fsp3) is 0.953. The Morgan fingerprint density at radius 3 is 1.75 bits per heavy atom. The molecule has 0 bridgehead atoms. The molecule has 0 spiro atoms. The number of carbonyl (C=O) groups is 2. The lowest BCUT2D eigenvalue weighted by Crippen LogP contribution is -2.71. The SMILES string of the molecule is CCCCCCOC1OC(CO)[C@H](O)[C@H](OC2OC(CO)[C@@H](O)[C@H](O[C@@H]3OC(CO)[C@H](OC4OC(CO)[C@H](O)[C@H](O)[C@@H]4C)[C@H](O[C@@]4(C(=O)O)CC(O)[C@H](C)C([C@H](O)[C@H](O)CO)O4)C3O)[C@@H]2NC(C)=O)[C@@H]1O. The maximum absolute atomic E-state index is 13.3. The molecule has 5 aliphatic heterocycles. The van der Waals surface area contributed by atoms with Gasteiger partial charge in [-0.05, 0) is 6.42 Å². The molecule has 1 amide bonds. The van der Waals surface area contributed by atoms with Crippen molar-refractivity contribution >= 4 is 11.9 Å². The smallest absolute Gasteiger partial charge is 0.364 e. The van der Waals surface area contributed by atoms with Gasteiger partial charge in [-0.1, -0.05) is 40.0 Å². The second-order valence-electron chi connectivity index (χ2n) is 18.8. The minimum Gasteiger partial charge on any atom is -0.477 e. The first-order chi connectivity index (χ1) is 33.6. The molecule has 10 unspecified atom stereocenters. The molecule has 5 rings (SSSR count). The Hall–Kier alpha value is -2.02. The summed E-state index contributed by atoms with van der Waals surface area (Å²) in [4.78, 5) is 26.2. The summed E-state index contributed by atoms with van der Waals surface area (Å²) < 4.78 is 59.3. The van der Waals surface area contributed by atoms with E-state index in [2.05, 4.69) is 5.32 Å². The van der Waals surface area contributed by atoms with Crippen LogP contribution in [0.25, 0.3) is 0 Å². The molecule has 28 heteroatoms. The van der Waals surface area contributed by atoms with Gasteiger partial charge in [0.25, 0.3) is 5.79 Å². The van der Waals surface area contributed by atoms with Gasteiger partial charge >= 0.3 is 5.97 Å². The van der Waals surface area contributed by atoms with Crippen LogP contribution >= 0.6 is 0 Å². The van der Waals surface area contributed by atoms with E-state index < -0.39 is 210 Å². The number of carboxylic acid groups (broad SMARTS) is 1. The number of carboxylic acids is 1. The molecule has 71 heavy (non-hydrogen) atoms. The first kappa shape index (κ1) is 59.9. The van der Waals surface area contributed by atoms with Gasteiger partial charge in [0.15, 0.2) is 25.2 Å². The number of aliphatic hydroxyl groups excluding tert-OH is 14. The molecule has 0 radical (unpaired) electrons. The Morgan fingerprint density at radius 1 is 0.634 bits per heavy atom. The van der Waals surface area contributed by atoms with Crippen molar-refractivity contribution in [1.29, 1.82) is 0 Å². The summed E-state index contributed by atoms with van der Waals surface area (Å²) in [5.74, 6) is -8.16. The third-order valence-electron chi connectivity index (χ3n) is 13.7. The topological polar surface area (TPSA) is 442 Å². The third kappa shape index (κ3) is 13.5. The third-order valence-corrected chi connectivity index (χ3v) is 13.7. The number of amides is 1. The van der Waals surface area contributed by atoms with Crippen LogP contribution in [0, 0.1) is 11.8 Å². The summed E-state index contributed by atoms with van der Waals surface area (Å²) in [6.45, 7) is 1.15. The summed E-state index contributed by atoms with van der Waals surface area (Å²) in [6.07, 6.45) is -37.6. The minimum atomic E-state index is -3.09. The molecule has 0 aromatic rings. The molecule has 414 valence electrons. The number of nitrogens with one attached hydrogen (secondary N) is 1. The van der Waals surface area contributed by atoms with Crippen molar-refractivity contribution < 1.29 is 134 Å². The van der Waals surface area contributed by atoms with Gasteiger partial charge in [0.1, 0.15) is 97.6 Å². The van der Waals surface area contributed by atoms with Gasteiger partial charge in [-0.2, -0.15) is 0 Å². The Kier molecular flexibility index (Phi) is 22.5. The largest absolute Gasteiger partial charge is 0.477 e. The molecule has 5 fully saturated rings. The van der Waals surface area contributed by atoms with Crippen LogP contribution in [0.15, 0.2) is 0 Å². The number of rotatable bonds is 23. The highest BCUT2D eigenvalue weighted by Gasteiger charge is 2.61. The summed E-state index contributed by atoms with van der Waals surface area (Å²) in [5.41, 5.74) is 0. The van der Waals surface area contributed by atoms with Crippen LogP contribution < -0.4 is 5.32 Å². The van der Waals surface area contributed by atoms with E-state index in [0.717, 1.165) is 26.2 Å². The van der Waals surface area contributed by atoms with Gasteiger partial charge in [-0.15, -0.1) is 0 Å². The van der Waals surface area contributed by atoms with Gasteiger partial charge in [0.2, 0.25) is 5.91 Å². The number of unbranched alkanes of at least 4 members (excludes halogenated alkanes) is 3. The van der Waals surface area contributed by atoms with E-state index in [1.807, 2.05) is 6.92 Å². The second-order valence-corrected chi connectivity index (χ2v) is 18.8. The lowest BCUT2D eigenvalue weighted by atomic mass is 9.84. The van der Waals surface area contributed by atoms with Crippen LogP contribution in [0.3, 0.4) is 0 Å². The van der Waals surface area contributed by atoms with Crippen LogP contribution in [0.4, 0.5) is 0 Å². The number of hydrogen-bond acceptors (Lipinski definition) is 26. The van der Waals surface area contributed by atoms with Crippen molar-refractivity contribution in [3.05, 3.63) is 0 Å². The Balaban J connectivity index is 1.53. The minimum absolute atomic E-state index is 0.108. The zero-order valence-electron chi connectivity index (χ0n) is 39.8. The Morgan fingerprint density at radius 2 is 1.17 bits per heavy atom. The van der Waals surface area contributed by atoms with E-state index in [1.165, 1.54) is 13.8 Å². The molecule has 5 saturated heterocycles. The van der Waals surface area contributed by atoms with Crippen molar-refractivity contribution in [2.45, 2.75) is 207 Å². The van der Waals surface area contributed by atoms with E-state index in [4.69, 9.17) is 47.4 Å². The molecular weight excluding hydrogens is 962 g/mol. The summed E-state index contributed by atoms with van der Waals surface area (Å²) in [6, 6.07) is -1.73. The highest BCUT2D eigenvalue weighted by molar-refractivity contribution is 5.76. The van der Waals surface area contributed by atoms with E-state index in [0.29, 0.717) is 6.42 Å². The quantitative estimate of drug-likeness (QED) is 0.0423. The van der Waals surface area contributed by atoms with E-state index in [1.54, 1.807) is 0 Å². The molecule has 5 aliphatic rings. The predicted octanol–water partition coefficient (Wildman–Crippen LogP) is -7.42. The van der Waals surface area contributed by atoms with Crippen molar-refractivity contribution in [3.8, 4) is 0 Å². The zero-order chi connectivity index (χ0) is 52.6. The van der Waals surface area contributed by atoms with E-state index in [9.17, 15) is 86.2 Å². The van der Waals surface area contributed by atoms with Gasteiger partial charge in [-0.25, -0.2) is 4.79 Å². The Labute approximate surface area is 408 Å². The fourth-order valence-electron chi connectivity index (χ4n) is 9.35. The lowest BCUT2D eigenvalue weighted by molar-refractivity contribution is -0.402. The fourth-order valence-corrected chi connectivity index (χ4v) is 9.35. The molecule has 0 aromatic carbocycles. The maximum Gasteiger partial charge on any atom is 0.364 e. The van der Waals surface area contributed by atoms with Crippen molar-refractivity contribution in [3.63, 3.8) is 0 Å². The average molecular weight is 1040 g/mol. The monoisotopic (exact) mass is 1040 g/mol. The van der Waals surface area contributed by atoms with Crippen LogP contribution in [-0.4, -0.2) is 275 Å². The van der Waals surface area contributed by atoms with Crippen LogP contribution in [0.1, 0.15) is 59.8 Å². The van der Waals surface area contributed by atoms with Gasteiger partial charge < -0.3 is 129 Å². The number of aliphatic carboxylic acids is 1. The Bertz CT molecular complexity index is 1640. The van der Waals surface area contributed by atoms with Crippen molar-refractivity contribution in [1.82, 2.24) is 5.32 Å². The molecule has 26 atom stereocenters.